The summed E-state index contributed by atoms with van der Waals surface area (Å²) in [6.45, 7) is 0.444. The molecule has 1 saturated heterocycles. The van der Waals surface area contributed by atoms with Gasteiger partial charge in [0.05, 0.1) is 6.61 Å². The van der Waals surface area contributed by atoms with E-state index in [0.29, 0.717) is 6.61 Å². The van der Waals surface area contributed by atoms with Crippen LogP contribution in [0.5, 0.6) is 5.75 Å². The zero-order valence-electron chi connectivity index (χ0n) is 8.69. The van der Waals surface area contributed by atoms with Crippen LogP contribution in [0, 0.1) is 0 Å². The largest absolute Gasteiger partial charge is 0.491 e. The summed E-state index contributed by atoms with van der Waals surface area (Å²) in [5.74, 6) is 4.10. The second kappa shape index (κ2) is 5.42. The minimum Gasteiger partial charge on any atom is -0.491 e. The molecule has 1 unspecified atom stereocenters. The summed E-state index contributed by atoms with van der Waals surface area (Å²) in [4.78, 5) is 0. The van der Waals surface area contributed by atoms with Gasteiger partial charge in [0.25, 0.3) is 0 Å². The smallest absolute Gasteiger partial charge is 0.119 e. The molecule has 1 fully saturated rings. The number of rotatable bonds is 4. The lowest BCUT2D eigenvalue weighted by atomic mass is 9.99. The van der Waals surface area contributed by atoms with E-state index >= 15 is 0 Å². The Balaban J connectivity index is 1.96. The second-order valence-corrected chi connectivity index (χ2v) is 4.85. The van der Waals surface area contributed by atoms with Crippen molar-refractivity contribution in [2.75, 3.05) is 24.7 Å². The molecule has 1 heterocycles. The number of hydrogen-bond acceptors (Lipinski definition) is 3. The van der Waals surface area contributed by atoms with Crippen molar-refractivity contribution in [2.45, 2.75) is 12.3 Å². The van der Waals surface area contributed by atoms with Crippen molar-refractivity contribution in [1.29, 1.82) is 0 Å². The van der Waals surface area contributed by atoms with Gasteiger partial charge in [0, 0.05) is 5.75 Å². The Kier molecular flexibility index (Phi) is 3.92. The summed E-state index contributed by atoms with van der Waals surface area (Å²) in [5, 5.41) is 8.63. The monoisotopic (exact) mass is 224 g/mol. The molecule has 1 aliphatic rings. The molecule has 15 heavy (non-hydrogen) atoms. The Morgan fingerprint density at radius 2 is 2.13 bits per heavy atom. The molecular formula is C12H16O2S. The fourth-order valence-electron chi connectivity index (χ4n) is 1.80. The maximum atomic E-state index is 8.63. The van der Waals surface area contributed by atoms with E-state index in [4.69, 9.17) is 9.84 Å². The van der Waals surface area contributed by atoms with Gasteiger partial charge in [-0.15, -0.1) is 0 Å². The summed E-state index contributed by atoms with van der Waals surface area (Å²) in [6, 6.07) is 8.27. The van der Waals surface area contributed by atoms with Gasteiger partial charge in [-0.25, -0.2) is 0 Å². The molecule has 0 aliphatic carbocycles. The van der Waals surface area contributed by atoms with Crippen LogP contribution in [0.25, 0.3) is 0 Å². The molecule has 1 atom stereocenters. The Morgan fingerprint density at radius 3 is 2.73 bits per heavy atom. The SMILES string of the molecule is OCCOc1ccc(C2CCSC2)cc1. The standard InChI is InChI=1S/C12H16O2S/c13-6-7-14-12-3-1-10(2-4-12)11-5-8-15-9-11/h1-4,11,13H,5-9H2. The maximum Gasteiger partial charge on any atom is 0.119 e. The number of aliphatic hydroxyl groups excluding tert-OH is 1. The van der Waals surface area contributed by atoms with Crippen molar-refractivity contribution >= 4 is 11.8 Å². The van der Waals surface area contributed by atoms with Gasteiger partial charge in [0.2, 0.25) is 0 Å². The maximum absolute atomic E-state index is 8.63. The molecule has 0 saturated carbocycles. The zero-order chi connectivity index (χ0) is 10.5. The fraction of sp³-hybridized carbons (Fsp3) is 0.500. The van der Waals surface area contributed by atoms with Crippen LogP contribution in [-0.4, -0.2) is 29.8 Å². The molecule has 0 aromatic heterocycles. The average Bonchev–Trinajstić information content (AvgIpc) is 2.80. The van der Waals surface area contributed by atoms with E-state index in [9.17, 15) is 0 Å². The van der Waals surface area contributed by atoms with Crippen LogP contribution >= 0.6 is 11.8 Å². The van der Waals surface area contributed by atoms with Gasteiger partial charge in [-0.2, -0.15) is 11.8 Å². The summed E-state index contributed by atoms with van der Waals surface area (Å²) >= 11 is 2.03. The van der Waals surface area contributed by atoms with Crippen molar-refractivity contribution in [3.63, 3.8) is 0 Å². The number of aliphatic hydroxyl groups is 1. The van der Waals surface area contributed by atoms with Crippen LogP contribution in [0.4, 0.5) is 0 Å². The Hall–Kier alpha value is -0.670. The normalized spacial score (nSPS) is 20.5. The molecule has 1 aromatic rings. The van der Waals surface area contributed by atoms with Crippen LogP contribution < -0.4 is 4.74 Å². The molecule has 3 heteroatoms. The van der Waals surface area contributed by atoms with Crippen LogP contribution in [-0.2, 0) is 0 Å². The zero-order valence-corrected chi connectivity index (χ0v) is 9.50. The van der Waals surface area contributed by atoms with Gasteiger partial charge in [0.15, 0.2) is 0 Å². The van der Waals surface area contributed by atoms with Crippen molar-refractivity contribution in [2.24, 2.45) is 0 Å². The Bertz CT molecular complexity index is 291. The van der Waals surface area contributed by atoms with E-state index in [-0.39, 0.29) is 6.61 Å². The molecule has 2 nitrogen and oxygen atoms in total. The van der Waals surface area contributed by atoms with E-state index in [1.165, 1.54) is 23.5 Å². The van der Waals surface area contributed by atoms with Gasteiger partial charge < -0.3 is 9.84 Å². The lowest BCUT2D eigenvalue weighted by Crippen LogP contribution is -2.02. The molecule has 0 radical (unpaired) electrons. The second-order valence-electron chi connectivity index (χ2n) is 3.70. The molecule has 0 bridgehead atoms. The van der Waals surface area contributed by atoms with Crippen LogP contribution in [0.15, 0.2) is 24.3 Å². The summed E-state index contributed by atoms with van der Waals surface area (Å²) in [6.07, 6.45) is 1.29. The summed E-state index contributed by atoms with van der Waals surface area (Å²) in [7, 11) is 0. The van der Waals surface area contributed by atoms with Crippen LogP contribution in [0.3, 0.4) is 0 Å². The first-order valence-electron chi connectivity index (χ1n) is 5.31. The van der Waals surface area contributed by atoms with Gasteiger partial charge in [-0.1, -0.05) is 12.1 Å². The van der Waals surface area contributed by atoms with Crippen molar-refractivity contribution in [3.8, 4) is 5.75 Å². The van der Waals surface area contributed by atoms with E-state index in [2.05, 4.69) is 12.1 Å². The minimum atomic E-state index is 0.0705. The Labute approximate surface area is 94.6 Å². The highest BCUT2D eigenvalue weighted by atomic mass is 32.2. The molecule has 82 valence electrons. The lowest BCUT2D eigenvalue weighted by molar-refractivity contribution is 0.201. The average molecular weight is 224 g/mol. The van der Waals surface area contributed by atoms with Gasteiger partial charge in [-0.3, -0.25) is 0 Å². The van der Waals surface area contributed by atoms with E-state index in [1.807, 2.05) is 23.9 Å². The third kappa shape index (κ3) is 2.89. The molecule has 2 rings (SSSR count). The highest BCUT2D eigenvalue weighted by molar-refractivity contribution is 7.99. The highest BCUT2D eigenvalue weighted by Crippen LogP contribution is 2.32. The van der Waals surface area contributed by atoms with Crippen LogP contribution in [0.1, 0.15) is 17.9 Å². The topological polar surface area (TPSA) is 29.5 Å². The van der Waals surface area contributed by atoms with Crippen molar-refractivity contribution < 1.29 is 9.84 Å². The van der Waals surface area contributed by atoms with E-state index < -0.39 is 0 Å². The summed E-state index contributed by atoms with van der Waals surface area (Å²) < 4.78 is 5.32. The van der Waals surface area contributed by atoms with Gasteiger partial charge in [0.1, 0.15) is 12.4 Å². The third-order valence-corrected chi connectivity index (χ3v) is 3.80. The quantitative estimate of drug-likeness (QED) is 0.851. The number of thioether (sulfide) groups is 1. The predicted molar refractivity (Wildman–Crippen MR) is 63.7 cm³/mol. The van der Waals surface area contributed by atoms with Crippen molar-refractivity contribution in [3.05, 3.63) is 29.8 Å². The molecular weight excluding hydrogens is 208 g/mol. The van der Waals surface area contributed by atoms with Gasteiger partial charge in [-0.05, 0) is 35.8 Å². The molecule has 0 spiro atoms. The van der Waals surface area contributed by atoms with Gasteiger partial charge >= 0.3 is 0 Å². The van der Waals surface area contributed by atoms with Crippen molar-refractivity contribution in [1.82, 2.24) is 0 Å². The first-order chi connectivity index (χ1) is 7.40. The predicted octanol–water partition coefficient (Wildman–Crippen LogP) is 2.28. The first kappa shape index (κ1) is 10.8. The lowest BCUT2D eigenvalue weighted by Gasteiger charge is -2.10. The molecule has 0 amide bonds. The number of hydrogen-bond donors (Lipinski definition) is 1. The molecule has 1 aliphatic heterocycles. The molecule has 1 aromatic carbocycles. The van der Waals surface area contributed by atoms with Crippen LogP contribution in [0.2, 0.25) is 0 Å². The third-order valence-electron chi connectivity index (χ3n) is 2.64. The fourth-order valence-corrected chi connectivity index (χ4v) is 3.06. The van der Waals surface area contributed by atoms with E-state index in [0.717, 1.165) is 11.7 Å². The van der Waals surface area contributed by atoms with E-state index in [1.54, 1.807) is 0 Å². The number of benzene rings is 1. The molecule has 1 N–H and O–H groups in total. The minimum absolute atomic E-state index is 0.0705. The highest BCUT2D eigenvalue weighted by Gasteiger charge is 2.16. The first-order valence-corrected chi connectivity index (χ1v) is 6.47. The Morgan fingerprint density at radius 1 is 1.33 bits per heavy atom. The summed E-state index contributed by atoms with van der Waals surface area (Å²) in [5.41, 5.74) is 1.41. The number of ether oxygens (including phenoxy) is 1.